The van der Waals surface area contributed by atoms with Gasteiger partial charge in [0.25, 0.3) is 0 Å². The third kappa shape index (κ3) is 33.4. The number of carbonyl (C=O) groups is 3. The number of phosphoric ester groups is 1. The Labute approximate surface area is 267 Å². The van der Waals surface area contributed by atoms with Gasteiger partial charge in [0.1, 0.15) is 6.61 Å². The third-order valence-electron chi connectivity index (χ3n) is 7.57. The second-order valence-corrected chi connectivity index (χ2v) is 13.2. The molecule has 0 saturated carbocycles. The fourth-order valence-corrected chi connectivity index (χ4v) is 5.34. The van der Waals surface area contributed by atoms with Gasteiger partial charge in [-0.05, 0) is 19.3 Å². The molecule has 44 heavy (non-hydrogen) atoms. The van der Waals surface area contributed by atoms with Crippen molar-refractivity contribution in [3.63, 3.8) is 0 Å². The van der Waals surface area contributed by atoms with Gasteiger partial charge < -0.3 is 24.6 Å². The van der Waals surface area contributed by atoms with Crippen LogP contribution in [0, 0.1) is 0 Å². The molecule has 0 aliphatic rings. The Morgan fingerprint density at radius 1 is 0.614 bits per heavy atom. The predicted octanol–water partition coefficient (Wildman–Crippen LogP) is 8.07. The van der Waals surface area contributed by atoms with Gasteiger partial charge in [0.15, 0.2) is 6.10 Å². The van der Waals surface area contributed by atoms with Crippen molar-refractivity contribution in [2.24, 2.45) is 0 Å². The number of amides is 1. The summed E-state index contributed by atoms with van der Waals surface area (Å²) in [4.78, 5) is 53.3. The molecule has 0 bridgehead atoms. The van der Waals surface area contributed by atoms with Crippen LogP contribution in [0.15, 0.2) is 0 Å². The first-order valence-corrected chi connectivity index (χ1v) is 19.0. The largest absolute Gasteiger partial charge is 0.469 e. The summed E-state index contributed by atoms with van der Waals surface area (Å²) in [7, 11) is -4.75. The number of hydrogen-bond acceptors (Lipinski definition) is 7. The fourth-order valence-electron chi connectivity index (χ4n) is 4.98. The van der Waals surface area contributed by atoms with Crippen LogP contribution in [0.4, 0.5) is 0 Å². The summed E-state index contributed by atoms with van der Waals surface area (Å²) in [6.07, 6.45) is 24.3. The minimum absolute atomic E-state index is 0.0152. The highest BCUT2D eigenvalue weighted by Gasteiger charge is 2.22. The number of esters is 2. The van der Waals surface area contributed by atoms with Crippen LogP contribution in [0.5, 0.6) is 0 Å². The van der Waals surface area contributed by atoms with E-state index in [0.29, 0.717) is 12.8 Å². The summed E-state index contributed by atoms with van der Waals surface area (Å²) in [6, 6.07) is 0. The number of hydrogen-bond donors (Lipinski definition) is 3. The molecule has 0 aromatic heterocycles. The number of carbonyl (C=O) groups excluding carboxylic acids is 3. The lowest BCUT2D eigenvalue weighted by Crippen LogP contribution is -2.29. The average Bonchev–Trinajstić information content (AvgIpc) is 2.96. The summed E-state index contributed by atoms with van der Waals surface area (Å²) < 4.78 is 26.2. The van der Waals surface area contributed by atoms with E-state index in [2.05, 4.69) is 16.8 Å². The van der Waals surface area contributed by atoms with Crippen molar-refractivity contribution >= 4 is 25.7 Å². The van der Waals surface area contributed by atoms with Gasteiger partial charge in [-0.3, -0.25) is 18.9 Å². The van der Waals surface area contributed by atoms with Crippen molar-refractivity contribution < 1.29 is 42.7 Å². The van der Waals surface area contributed by atoms with Crippen molar-refractivity contribution in [2.45, 2.75) is 174 Å². The molecule has 11 heteroatoms. The molecule has 0 heterocycles. The summed E-state index contributed by atoms with van der Waals surface area (Å²) in [5.74, 6) is -0.907. The second kappa shape index (κ2) is 30.2. The molecule has 0 unspecified atom stereocenters. The molecule has 3 N–H and O–H groups in total. The van der Waals surface area contributed by atoms with Crippen molar-refractivity contribution in [1.29, 1.82) is 0 Å². The van der Waals surface area contributed by atoms with E-state index in [-0.39, 0.29) is 25.4 Å². The topological polar surface area (TPSA) is 148 Å². The lowest BCUT2D eigenvalue weighted by atomic mass is 10.0. The van der Waals surface area contributed by atoms with Crippen LogP contribution < -0.4 is 5.32 Å². The number of rotatable bonds is 32. The Hall–Kier alpha value is -1.48. The van der Waals surface area contributed by atoms with Gasteiger partial charge in [0, 0.05) is 26.3 Å². The van der Waals surface area contributed by atoms with E-state index in [0.717, 1.165) is 77.2 Å². The maximum atomic E-state index is 12.3. The van der Waals surface area contributed by atoms with Crippen LogP contribution in [-0.2, 0) is 32.9 Å². The van der Waals surface area contributed by atoms with Gasteiger partial charge in [-0.2, -0.15) is 0 Å². The van der Waals surface area contributed by atoms with Crippen molar-refractivity contribution in [3.05, 3.63) is 0 Å². The van der Waals surface area contributed by atoms with Crippen molar-refractivity contribution in [2.75, 3.05) is 19.8 Å². The summed E-state index contributed by atoms with van der Waals surface area (Å²) >= 11 is 0. The lowest BCUT2D eigenvalue weighted by molar-refractivity contribution is -0.161. The molecule has 0 radical (unpaired) electrons. The van der Waals surface area contributed by atoms with E-state index in [1.54, 1.807) is 0 Å². The van der Waals surface area contributed by atoms with Crippen LogP contribution >= 0.6 is 7.82 Å². The van der Waals surface area contributed by atoms with E-state index in [1.165, 1.54) is 64.7 Å². The monoisotopic (exact) mass is 649 g/mol. The van der Waals surface area contributed by atoms with Crippen LogP contribution in [-0.4, -0.2) is 53.5 Å². The second-order valence-electron chi connectivity index (χ2n) is 12.0. The van der Waals surface area contributed by atoms with E-state index in [1.807, 2.05) is 0 Å². The molecule has 1 amide bonds. The molecule has 0 spiro atoms. The summed E-state index contributed by atoms with van der Waals surface area (Å²) in [6.45, 7) is 3.66. The Morgan fingerprint density at radius 2 is 1.02 bits per heavy atom. The molecule has 0 fully saturated rings. The molecule has 0 aliphatic heterocycles. The minimum Gasteiger partial charge on any atom is -0.462 e. The third-order valence-corrected chi connectivity index (χ3v) is 8.06. The quantitative estimate of drug-likeness (QED) is 0.0374. The summed E-state index contributed by atoms with van der Waals surface area (Å²) in [5.41, 5.74) is 0. The summed E-state index contributed by atoms with van der Waals surface area (Å²) in [5, 5.41) is 2.80. The van der Waals surface area contributed by atoms with Crippen LogP contribution in [0.25, 0.3) is 0 Å². The van der Waals surface area contributed by atoms with Gasteiger partial charge in [-0.1, -0.05) is 129 Å². The molecule has 10 nitrogen and oxygen atoms in total. The Morgan fingerprint density at radius 3 is 1.45 bits per heavy atom. The minimum atomic E-state index is -4.75. The lowest BCUT2D eigenvalue weighted by Gasteiger charge is -2.18. The first-order chi connectivity index (χ1) is 21.1. The molecular formula is C33H64NO9P. The first-order valence-electron chi connectivity index (χ1n) is 17.4. The number of phosphoric acid groups is 1. The highest BCUT2D eigenvalue weighted by molar-refractivity contribution is 7.46. The highest BCUT2D eigenvalue weighted by atomic mass is 31.2. The molecule has 0 aliphatic carbocycles. The highest BCUT2D eigenvalue weighted by Crippen LogP contribution is 2.36. The zero-order valence-corrected chi connectivity index (χ0v) is 28.8. The van der Waals surface area contributed by atoms with Crippen molar-refractivity contribution in [3.8, 4) is 0 Å². The van der Waals surface area contributed by atoms with Gasteiger partial charge >= 0.3 is 19.8 Å². The molecule has 0 saturated heterocycles. The van der Waals surface area contributed by atoms with Crippen LogP contribution in [0.2, 0.25) is 0 Å². The zero-order valence-electron chi connectivity index (χ0n) is 27.9. The van der Waals surface area contributed by atoms with E-state index >= 15 is 0 Å². The van der Waals surface area contributed by atoms with Gasteiger partial charge in [-0.15, -0.1) is 0 Å². The number of ether oxygens (including phenoxy) is 2. The molecule has 0 aromatic carbocycles. The normalized spacial score (nSPS) is 12.2. The molecule has 0 aromatic rings. The maximum absolute atomic E-state index is 12.3. The zero-order chi connectivity index (χ0) is 32.7. The number of unbranched alkanes of at least 4 members (excludes halogenated alkanes) is 20. The van der Waals surface area contributed by atoms with E-state index < -0.39 is 32.5 Å². The predicted molar refractivity (Wildman–Crippen MR) is 174 cm³/mol. The number of nitrogens with one attached hydrogen (secondary N) is 1. The average molecular weight is 650 g/mol. The maximum Gasteiger partial charge on any atom is 0.469 e. The molecule has 260 valence electrons. The first kappa shape index (κ1) is 42.5. The molecule has 1 atom stereocenters. The Bertz CT molecular complexity index is 760. The van der Waals surface area contributed by atoms with Crippen LogP contribution in [0.1, 0.15) is 168 Å². The van der Waals surface area contributed by atoms with Crippen molar-refractivity contribution in [1.82, 2.24) is 5.32 Å². The van der Waals surface area contributed by atoms with Gasteiger partial charge in [0.05, 0.1) is 6.61 Å². The molecular weight excluding hydrogens is 585 g/mol. The van der Waals surface area contributed by atoms with Gasteiger partial charge in [0.2, 0.25) is 5.91 Å². The standard InChI is InChI=1S/C33H64NO9P/c1-3-4-5-6-7-8-9-10-11-13-17-20-23-26-33(37)43-31(29-42-44(38,39)40)28-41-32(36)25-22-19-16-14-12-15-18-21-24-27-34-30(2)35/h31H,3-29H2,1-2H3,(H,34,35)(H2,38,39,40)/t31-/m0/s1. The van der Waals surface area contributed by atoms with E-state index in [4.69, 9.17) is 19.3 Å². The van der Waals surface area contributed by atoms with Crippen LogP contribution in [0.3, 0.4) is 0 Å². The Kier molecular flexibility index (Phi) is 29.2. The fraction of sp³-hybridized carbons (Fsp3) is 0.909. The van der Waals surface area contributed by atoms with Gasteiger partial charge in [-0.25, -0.2) is 4.57 Å². The SMILES string of the molecule is CCCCCCCCCCCCCCCC(=O)O[C@@H](COC(=O)CCCCCCCCCCCNC(C)=O)COP(=O)(O)O. The molecule has 0 rings (SSSR count). The van der Waals surface area contributed by atoms with E-state index in [9.17, 15) is 18.9 Å². The smallest absolute Gasteiger partial charge is 0.462 e. The Balaban J connectivity index is 3.96.